The zero-order valence-corrected chi connectivity index (χ0v) is 11.8. The quantitative estimate of drug-likeness (QED) is 0.682. The largest absolute Gasteiger partial charge is 0.310 e. The second-order valence-corrected chi connectivity index (χ2v) is 5.16. The second kappa shape index (κ2) is 7.50. The fraction of sp³-hybridized carbons (Fsp3) is 0.625. The Morgan fingerprint density at radius 2 is 1.65 bits per heavy atom. The Hall–Kier alpha value is -0.820. The van der Waals surface area contributed by atoms with E-state index < -0.39 is 0 Å². The molecule has 1 nitrogen and oxygen atoms in total. The number of nitrogens with one attached hydrogen (secondary N) is 1. The van der Waals surface area contributed by atoms with Gasteiger partial charge in [-0.1, -0.05) is 55.5 Å². The molecule has 0 radical (unpaired) electrons. The van der Waals surface area contributed by atoms with Crippen LogP contribution in [0.3, 0.4) is 0 Å². The van der Waals surface area contributed by atoms with Gasteiger partial charge in [0, 0.05) is 6.04 Å². The predicted molar refractivity (Wildman–Crippen MR) is 76.5 cm³/mol. The fourth-order valence-corrected chi connectivity index (χ4v) is 2.25. The number of unbranched alkanes of at least 4 members (excludes halogenated alkanes) is 3. The molecule has 0 aliphatic carbocycles. The Labute approximate surface area is 107 Å². The molecule has 0 fully saturated rings. The SMILES string of the molecule is CCCCCCNC(C)c1cc(C)cc(C)c1. The molecule has 96 valence electrons. The van der Waals surface area contributed by atoms with Gasteiger partial charge in [-0.3, -0.25) is 0 Å². The van der Waals surface area contributed by atoms with Crippen molar-refractivity contribution in [3.05, 3.63) is 34.9 Å². The maximum absolute atomic E-state index is 3.61. The van der Waals surface area contributed by atoms with Crippen molar-refractivity contribution in [1.29, 1.82) is 0 Å². The molecule has 1 aromatic rings. The van der Waals surface area contributed by atoms with E-state index in [0.717, 1.165) is 6.54 Å². The summed E-state index contributed by atoms with van der Waals surface area (Å²) >= 11 is 0. The highest BCUT2D eigenvalue weighted by Gasteiger charge is 2.05. The van der Waals surface area contributed by atoms with E-state index in [2.05, 4.69) is 51.2 Å². The van der Waals surface area contributed by atoms with E-state index in [0.29, 0.717) is 6.04 Å². The summed E-state index contributed by atoms with van der Waals surface area (Å²) < 4.78 is 0. The van der Waals surface area contributed by atoms with Crippen LogP contribution in [-0.2, 0) is 0 Å². The van der Waals surface area contributed by atoms with Crippen molar-refractivity contribution in [3.63, 3.8) is 0 Å². The maximum atomic E-state index is 3.61. The van der Waals surface area contributed by atoms with E-state index in [4.69, 9.17) is 0 Å². The van der Waals surface area contributed by atoms with Crippen molar-refractivity contribution in [1.82, 2.24) is 5.32 Å². The lowest BCUT2D eigenvalue weighted by Gasteiger charge is -2.15. The molecule has 1 atom stereocenters. The standard InChI is InChI=1S/C16H27N/c1-5-6-7-8-9-17-15(4)16-11-13(2)10-14(3)12-16/h10-12,15,17H,5-9H2,1-4H3. The van der Waals surface area contributed by atoms with Gasteiger partial charge in [-0.15, -0.1) is 0 Å². The van der Waals surface area contributed by atoms with Gasteiger partial charge in [-0.25, -0.2) is 0 Å². The minimum absolute atomic E-state index is 0.468. The normalized spacial score (nSPS) is 12.7. The third-order valence-corrected chi connectivity index (χ3v) is 3.22. The van der Waals surface area contributed by atoms with E-state index in [-0.39, 0.29) is 0 Å². The molecule has 0 spiro atoms. The van der Waals surface area contributed by atoms with Crippen LogP contribution in [-0.4, -0.2) is 6.54 Å². The van der Waals surface area contributed by atoms with Crippen LogP contribution in [0.5, 0.6) is 0 Å². The van der Waals surface area contributed by atoms with Gasteiger partial charge in [0.15, 0.2) is 0 Å². The smallest absolute Gasteiger partial charge is 0.0291 e. The Balaban J connectivity index is 2.38. The fourth-order valence-electron chi connectivity index (χ4n) is 2.25. The first-order valence-corrected chi connectivity index (χ1v) is 6.95. The number of benzene rings is 1. The van der Waals surface area contributed by atoms with Crippen molar-refractivity contribution in [2.75, 3.05) is 6.54 Å². The van der Waals surface area contributed by atoms with Crippen LogP contribution in [0.1, 0.15) is 62.3 Å². The summed E-state index contributed by atoms with van der Waals surface area (Å²) in [6.45, 7) is 9.99. The van der Waals surface area contributed by atoms with E-state index >= 15 is 0 Å². The minimum Gasteiger partial charge on any atom is -0.310 e. The average molecular weight is 233 g/mol. The number of hydrogen-bond donors (Lipinski definition) is 1. The lowest BCUT2D eigenvalue weighted by Crippen LogP contribution is -2.20. The molecule has 0 saturated heterocycles. The van der Waals surface area contributed by atoms with Gasteiger partial charge >= 0.3 is 0 Å². The second-order valence-electron chi connectivity index (χ2n) is 5.16. The molecule has 1 N–H and O–H groups in total. The average Bonchev–Trinajstić information content (AvgIpc) is 2.27. The highest BCUT2D eigenvalue weighted by molar-refractivity contribution is 5.30. The number of hydrogen-bond acceptors (Lipinski definition) is 1. The zero-order chi connectivity index (χ0) is 12.7. The highest BCUT2D eigenvalue weighted by Crippen LogP contribution is 2.16. The Morgan fingerprint density at radius 3 is 2.24 bits per heavy atom. The molecule has 0 aliphatic heterocycles. The van der Waals surface area contributed by atoms with E-state index in [1.54, 1.807) is 0 Å². The Bertz CT molecular complexity index is 310. The number of rotatable bonds is 7. The van der Waals surface area contributed by atoms with E-state index in [1.165, 1.54) is 42.4 Å². The molecular formula is C16H27N. The van der Waals surface area contributed by atoms with Crippen LogP contribution in [0.25, 0.3) is 0 Å². The van der Waals surface area contributed by atoms with E-state index in [9.17, 15) is 0 Å². The van der Waals surface area contributed by atoms with Crippen molar-refractivity contribution < 1.29 is 0 Å². The maximum Gasteiger partial charge on any atom is 0.0291 e. The summed E-state index contributed by atoms with van der Waals surface area (Å²) in [7, 11) is 0. The molecule has 1 aromatic carbocycles. The lowest BCUT2D eigenvalue weighted by atomic mass is 10.0. The van der Waals surface area contributed by atoms with Crippen LogP contribution in [0, 0.1) is 13.8 Å². The first kappa shape index (κ1) is 14.2. The van der Waals surface area contributed by atoms with Crippen LogP contribution < -0.4 is 5.32 Å². The van der Waals surface area contributed by atoms with Gasteiger partial charge in [-0.2, -0.15) is 0 Å². The molecule has 0 amide bonds. The molecular weight excluding hydrogens is 206 g/mol. The zero-order valence-electron chi connectivity index (χ0n) is 11.8. The molecule has 0 bridgehead atoms. The summed E-state index contributed by atoms with van der Waals surface area (Å²) in [4.78, 5) is 0. The molecule has 1 heteroatoms. The lowest BCUT2D eigenvalue weighted by molar-refractivity contribution is 0.536. The van der Waals surface area contributed by atoms with Gasteiger partial charge in [0.25, 0.3) is 0 Å². The first-order chi connectivity index (χ1) is 8.13. The Kier molecular flexibility index (Phi) is 6.28. The van der Waals surface area contributed by atoms with Crippen LogP contribution in [0.4, 0.5) is 0 Å². The third-order valence-electron chi connectivity index (χ3n) is 3.22. The van der Waals surface area contributed by atoms with Crippen LogP contribution in [0.15, 0.2) is 18.2 Å². The molecule has 1 rings (SSSR count). The Morgan fingerprint density at radius 1 is 1.00 bits per heavy atom. The van der Waals surface area contributed by atoms with Crippen LogP contribution >= 0.6 is 0 Å². The summed E-state index contributed by atoms with van der Waals surface area (Å²) in [5.74, 6) is 0. The molecule has 0 saturated carbocycles. The predicted octanol–water partition coefficient (Wildman–Crippen LogP) is 4.53. The van der Waals surface area contributed by atoms with Gasteiger partial charge in [0.1, 0.15) is 0 Å². The molecule has 1 unspecified atom stereocenters. The summed E-state index contributed by atoms with van der Waals surface area (Å²) in [5.41, 5.74) is 4.14. The summed E-state index contributed by atoms with van der Waals surface area (Å²) in [6, 6.07) is 7.28. The van der Waals surface area contributed by atoms with Crippen molar-refractivity contribution in [2.24, 2.45) is 0 Å². The van der Waals surface area contributed by atoms with Gasteiger partial charge in [0.2, 0.25) is 0 Å². The molecule has 0 aromatic heterocycles. The van der Waals surface area contributed by atoms with Crippen molar-refractivity contribution in [3.8, 4) is 0 Å². The summed E-state index contributed by atoms with van der Waals surface area (Å²) in [5, 5.41) is 3.61. The topological polar surface area (TPSA) is 12.0 Å². The molecule has 17 heavy (non-hydrogen) atoms. The third kappa shape index (κ3) is 5.36. The summed E-state index contributed by atoms with van der Waals surface area (Å²) in [6.07, 6.45) is 5.32. The van der Waals surface area contributed by atoms with E-state index in [1.807, 2.05) is 0 Å². The molecule has 0 aliphatic rings. The van der Waals surface area contributed by atoms with Gasteiger partial charge in [-0.05, 0) is 39.3 Å². The number of aryl methyl sites for hydroxylation is 2. The molecule has 0 heterocycles. The van der Waals surface area contributed by atoms with Crippen molar-refractivity contribution >= 4 is 0 Å². The first-order valence-electron chi connectivity index (χ1n) is 6.95. The highest BCUT2D eigenvalue weighted by atomic mass is 14.9. The van der Waals surface area contributed by atoms with Crippen LogP contribution in [0.2, 0.25) is 0 Å². The monoisotopic (exact) mass is 233 g/mol. The van der Waals surface area contributed by atoms with Crippen molar-refractivity contribution in [2.45, 2.75) is 59.4 Å². The van der Waals surface area contributed by atoms with Gasteiger partial charge < -0.3 is 5.32 Å². The van der Waals surface area contributed by atoms with Gasteiger partial charge in [0.05, 0.1) is 0 Å². The minimum atomic E-state index is 0.468.